The van der Waals surface area contributed by atoms with Crippen LogP contribution in [0.5, 0.6) is 0 Å². The molecule has 1 heterocycles. The third-order valence-corrected chi connectivity index (χ3v) is 3.84. The van der Waals surface area contributed by atoms with Crippen molar-refractivity contribution in [3.8, 4) is 0 Å². The van der Waals surface area contributed by atoms with Crippen LogP contribution >= 0.6 is 11.8 Å². The Labute approximate surface area is 100 Å². The number of anilines is 1. The third-order valence-electron chi connectivity index (χ3n) is 3.20. The van der Waals surface area contributed by atoms with Crippen molar-refractivity contribution in [1.29, 1.82) is 0 Å². The van der Waals surface area contributed by atoms with Gasteiger partial charge in [-0.05, 0) is 19.1 Å². The van der Waals surface area contributed by atoms with E-state index < -0.39 is 0 Å². The number of hydrogen-bond donors (Lipinski definition) is 2. The van der Waals surface area contributed by atoms with Crippen molar-refractivity contribution in [1.82, 2.24) is 9.97 Å². The lowest BCUT2D eigenvalue weighted by atomic mass is 9.98. The van der Waals surface area contributed by atoms with Crippen molar-refractivity contribution < 1.29 is 0 Å². The predicted octanol–water partition coefficient (Wildman–Crippen LogP) is 1.88. The van der Waals surface area contributed by atoms with Gasteiger partial charge >= 0.3 is 0 Å². The van der Waals surface area contributed by atoms with E-state index in [0.717, 1.165) is 23.7 Å². The maximum Gasteiger partial charge on any atom is 0.130 e. The van der Waals surface area contributed by atoms with Gasteiger partial charge < -0.3 is 11.1 Å². The predicted molar refractivity (Wildman–Crippen MR) is 67.7 cm³/mol. The Hall–Kier alpha value is -0.810. The summed E-state index contributed by atoms with van der Waals surface area (Å²) in [7, 11) is 0. The quantitative estimate of drug-likeness (QED) is 0.619. The maximum atomic E-state index is 5.88. The maximum absolute atomic E-state index is 5.88. The summed E-state index contributed by atoms with van der Waals surface area (Å²) in [6, 6.07) is 1.99. The van der Waals surface area contributed by atoms with Crippen LogP contribution in [0.4, 0.5) is 5.82 Å². The first-order valence-corrected chi connectivity index (χ1v) is 6.85. The van der Waals surface area contributed by atoms with Crippen molar-refractivity contribution in [2.75, 3.05) is 18.1 Å². The Bertz CT molecular complexity index is 350. The Kier molecular flexibility index (Phi) is 3.66. The first kappa shape index (κ1) is 11.7. The van der Waals surface area contributed by atoms with E-state index in [1.807, 2.05) is 12.3 Å². The molecule has 0 saturated heterocycles. The van der Waals surface area contributed by atoms with Crippen LogP contribution in [0, 0.1) is 0 Å². The molecule has 1 aromatic rings. The molecule has 0 spiro atoms. The van der Waals surface area contributed by atoms with E-state index in [2.05, 4.69) is 15.3 Å². The van der Waals surface area contributed by atoms with Crippen molar-refractivity contribution in [3.63, 3.8) is 0 Å². The van der Waals surface area contributed by atoms with Crippen LogP contribution in [-0.2, 0) is 0 Å². The van der Waals surface area contributed by atoms with Gasteiger partial charge in [-0.25, -0.2) is 9.97 Å². The summed E-state index contributed by atoms with van der Waals surface area (Å²) in [4.78, 5) is 8.41. The first-order valence-electron chi connectivity index (χ1n) is 5.62. The van der Waals surface area contributed by atoms with E-state index in [-0.39, 0.29) is 5.54 Å². The molecule has 0 amide bonds. The lowest BCUT2D eigenvalue weighted by molar-refractivity contribution is 0.491. The molecule has 0 atom stereocenters. The lowest BCUT2D eigenvalue weighted by Crippen LogP contribution is -2.43. The molecular formula is C11H18N4S. The molecule has 88 valence electrons. The molecule has 4 nitrogen and oxygen atoms in total. The average Bonchev–Trinajstić information content (AvgIpc) is 2.78. The summed E-state index contributed by atoms with van der Waals surface area (Å²) in [5.74, 6) is 0.895. The van der Waals surface area contributed by atoms with Gasteiger partial charge in [-0.1, -0.05) is 12.8 Å². The number of hydrogen-bond acceptors (Lipinski definition) is 5. The highest BCUT2D eigenvalue weighted by Gasteiger charge is 2.32. The van der Waals surface area contributed by atoms with Crippen LogP contribution in [0.15, 0.2) is 17.4 Å². The number of nitrogens with one attached hydrogen (secondary N) is 1. The molecule has 0 aliphatic heterocycles. The summed E-state index contributed by atoms with van der Waals surface area (Å²) < 4.78 is 0. The molecule has 16 heavy (non-hydrogen) atoms. The number of nitrogens with zero attached hydrogens (tertiary/aromatic N) is 2. The minimum Gasteiger partial charge on any atom is -0.363 e. The van der Waals surface area contributed by atoms with E-state index in [1.54, 1.807) is 18.1 Å². The molecule has 0 radical (unpaired) electrons. The molecule has 1 saturated carbocycles. The average molecular weight is 238 g/mol. The second kappa shape index (κ2) is 5.01. The molecule has 0 aromatic carbocycles. The van der Waals surface area contributed by atoms with E-state index in [4.69, 9.17) is 5.73 Å². The molecule has 1 aliphatic carbocycles. The zero-order chi connectivity index (χ0) is 11.4. The summed E-state index contributed by atoms with van der Waals surface area (Å²) >= 11 is 1.63. The number of aromatic nitrogens is 2. The molecule has 2 rings (SSSR count). The number of thioether (sulfide) groups is 1. The lowest BCUT2D eigenvalue weighted by Gasteiger charge is -2.29. The van der Waals surface area contributed by atoms with E-state index >= 15 is 0 Å². The Balaban J connectivity index is 2.12. The van der Waals surface area contributed by atoms with E-state index in [1.165, 1.54) is 12.8 Å². The molecule has 0 bridgehead atoms. The Morgan fingerprint density at radius 3 is 2.81 bits per heavy atom. The fraction of sp³-hybridized carbons (Fsp3) is 0.636. The van der Waals surface area contributed by atoms with E-state index in [0.29, 0.717) is 6.54 Å². The molecule has 3 N–H and O–H groups in total. The van der Waals surface area contributed by atoms with Gasteiger partial charge in [0, 0.05) is 12.6 Å². The fourth-order valence-corrected chi connectivity index (χ4v) is 2.61. The van der Waals surface area contributed by atoms with Crippen LogP contribution in [-0.4, -0.2) is 28.3 Å². The third kappa shape index (κ3) is 2.47. The minimum absolute atomic E-state index is 0.0596. The van der Waals surface area contributed by atoms with Crippen molar-refractivity contribution in [2.45, 2.75) is 36.2 Å². The van der Waals surface area contributed by atoms with Crippen molar-refractivity contribution >= 4 is 17.6 Å². The van der Waals surface area contributed by atoms with Crippen LogP contribution < -0.4 is 11.1 Å². The van der Waals surface area contributed by atoms with Crippen LogP contribution in [0.25, 0.3) is 0 Å². The van der Waals surface area contributed by atoms with E-state index in [9.17, 15) is 0 Å². The highest BCUT2D eigenvalue weighted by atomic mass is 32.2. The van der Waals surface area contributed by atoms with Crippen molar-refractivity contribution in [3.05, 3.63) is 12.4 Å². The molecular weight excluding hydrogens is 220 g/mol. The SMILES string of the molecule is CSc1cc(NC2(CN)CCCC2)ncn1. The fourth-order valence-electron chi connectivity index (χ4n) is 2.22. The number of nitrogens with two attached hydrogens (primary N) is 1. The van der Waals surface area contributed by atoms with Gasteiger partial charge in [-0.3, -0.25) is 0 Å². The Morgan fingerprint density at radius 2 is 2.19 bits per heavy atom. The second-order valence-corrected chi connectivity index (χ2v) is 5.09. The van der Waals surface area contributed by atoms with Crippen LogP contribution in [0.3, 0.4) is 0 Å². The van der Waals surface area contributed by atoms with Crippen molar-refractivity contribution in [2.24, 2.45) is 5.73 Å². The summed E-state index contributed by atoms with van der Waals surface area (Å²) in [5, 5.41) is 4.48. The van der Waals surface area contributed by atoms with Gasteiger partial charge in [0.15, 0.2) is 0 Å². The van der Waals surface area contributed by atoms with Gasteiger partial charge in [-0.2, -0.15) is 0 Å². The monoisotopic (exact) mass is 238 g/mol. The topological polar surface area (TPSA) is 63.8 Å². The van der Waals surface area contributed by atoms with Gasteiger partial charge in [0.05, 0.1) is 5.54 Å². The molecule has 1 fully saturated rings. The summed E-state index contributed by atoms with van der Waals surface area (Å²) in [5.41, 5.74) is 5.94. The molecule has 0 unspecified atom stereocenters. The van der Waals surface area contributed by atoms with Gasteiger partial charge in [0.2, 0.25) is 0 Å². The molecule has 1 aliphatic rings. The first-order chi connectivity index (χ1) is 7.78. The zero-order valence-electron chi connectivity index (χ0n) is 9.57. The minimum atomic E-state index is 0.0596. The Morgan fingerprint density at radius 1 is 1.44 bits per heavy atom. The highest BCUT2D eigenvalue weighted by Crippen LogP contribution is 2.32. The molecule has 1 aromatic heterocycles. The summed E-state index contributed by atoms with van der Waals surface area (Å²) in [6.07, 6.45) is 8.41. The largest absolute Gasteiger partial charge is 0.363 e. The van der Waals surface area contributed by atoms with Gasteiger partial charge in [0.25, 0.3) is 0 Å². The van der Waals surface area contributed by atoms with Gasteiger partial charge in [-0.15, -0.1) is 11.8 Å². The smallest absolute Gasteiger partial charge is 0.130 e. The standard InChI is InChI=1S/C11H18N4S/c1-16-10-6-9(13-8-14-10)15-11(7-12)4-2-3-5-11/h6,8H,2-5,7,12H2,1H3,(H,13,14,15). The normalized spacial score (nSPS) is 18.6. The van der Waals surface area contributed by atoms with Gasteiger partial charge in [0.1, 0.15) is 17.2 Å². The second-order valence-electron chi connectivity index (χ2n) is 4.26. The number of rotatable bonds is 4. The zero-order valence-corrected chi connectivity index (χ0v) is 10.4. The highest BCUT2D eigenvalue weighted by molar-refractivity contribution is 7.98. The van der Waals surface area contributed by atoms with Crippen LogP contribution in [0.1, 0.15) is 25.7 Å². The molecule has 5 heteroatoms. The summed E-state index contributed by atoms with van der Waals surface area (Å²) in [6.45, 7) is 0.672. The van der Waals surface area contributed by atoms with Crippen LogP contribution in [0.2, 0.25) is 0 Å².